The number of hydrogen-bond acceptors (Lipinski definition) is 0. The average molecular weight is 228 g/mol. The van der Waals surface area contributed by atoms with Gasteiger partial charge in [-0.25, -0.2) is 0 Å². The van der Waals surface area contributed by atoms with E-state index >= 15 is 0 Å². The highest BCUT2D eigenvalue weighted by Crippen LogP contribution is 2.24. The van der Waals surface area contributed by atoms with Crippen molar-refractivity contribution in [1.29, 1.82) is 0 Å². The Labute approximate surface area is 106 Å². The van der Waals surface area contributed by atoms with Gasteiger partial charge in [-0.15, -0.1) is 0 Å². The minimum atomic E-state index is 0.541. The molecule has 92 valence electrons. The summed E-state index contributed by atoms with van der Waals surface area (Å²) in [5.74, 6) is 1.08. The molecule has 0 N–H and O–H groups in total. The molecule has 0 aliphatic heterocycles. The van der Waals surface area contributed by atoms with Crippen LogP contribution in [-0.4, -0.2) is 0 Å². The third-order valence-electron chi connectivity index (χ3n) is 3.49. The van der Waals surface area contributed by atoms with Crippen molar-refractivity contribution < 1.29 is 0 Å². The maximum absolute atomic E-state index is 4.23. The van der Waals surface area contributed by atoms with Crippen LogP contribution in [0.5, 0.6) is 0 Å². The highest BCUT2D eigenvalue weighted by Gasteiger charge is 2.11. The third kappa shape index (κ3) is 4.60. The van der Waals surface area contributed by atoms with E-state index < -0.39 is 0 Å². The van der Waals surface area contributed by atoms with Crippen LogP contribution in [0.1, 0.15) is 32.8 Å². The Kier molecular flexibility index (Phi) is 5.21. The Hall–Kier alpha value is -1.30. The van der Waals surface area contributed by atoms with Crippen molar-refractivity contribution in [2.45, 2.75) is 33.6 Å². The van der Waals surface area contributed by atoms with Gasteiger partial charge in [-0.3, -0.25) is 0 Å². The zero-order valence-corrected chi connectivity index (χ0v) is 11.4. The molecule has 0 fully saturated rings. The minimum absolute atomic E-state index is 0.541. The van der Waals surface area contributed by atoms with E-state index in [1.54, 1.807) is 0 Å². The second-order valence-electron chi connectivity index (χ2n) is 5.20. The summed E-state index contributed by atoms with van der Waals surface area (Å²) in [5, 5.41) is 0. The number of allylic oxidation sites excluding steroid dienone is 2. The van der Waals surface area contributed by atoms with E-state index in [1.807, 2.05) is 0 Å². The van der Waals surface area contributed by atoms with Gasteiger partial charge in [0.25, 0.3) is 0 Å². The average Bonchev–Trinajstić information content (AvgIpc) is 2.29. The molecule has 0 aliphatic carbocycles. The molecular weight excluding hydrogens is 204 g/mol. The van der Waals surface area contributed by atoms with Crippen molar-refractivity contribution in [3.8, 4) is 0 Å². The first-order valence-electron chi connectivity index (χ1n) is 6.37. The highest BCUT2D eigenvalue weighted by molar-refractivity contribution is 5.18. The second kappa shape index (κ2) is 6.44. The fraction of sp³-hybridized carbons (Fsp3) is 0.412. The van der Waals surface area contributed by atoms with Gasteiger partial charge in [0.15, 0.2) is 0 Å². The van der Waals surface area contributed by atoms with Crippen LogP contribution in [0.4, 0.5) is 0 Å². The van der Waals surface area contributed by atoms with Crippen LogP contribution in [0, 0.1) is 11.8 Å². The zero-order valence-electron chi connectivity index (χ0n) is 11.4. The van der Waals surface area contributed by atoms with Gasteiger partial charge < -0.3 is 0 Å². The lowest BCUT2D eigenvalue weighted by Crippen LogP contribution is -2.07. The molecule has 0 heteroatoms. The van der Waals surface area contributed by atoms with Crippen molar-refractivity contribution in [3.63, 3.8) is 0 Å². The van der Waals surface area contributed by atoms with Gasteiger partial charge in [0.1, 0.15) is 0 Å². The normalized spacial score (nSPS) is 14.1. The first-order chi connectivity index (χ1) is 8.00. The van der Waals surface area contributed by atoms with Gasteiger partial charge in [0, 0.05) is 0 Å². The number of hydrogen-bond donors (Lipinski definition) is 0. The summed E-state index contributed by atoms with van der Waals surface area (Å²) in [6.45, 7) is 14.8. The summed E-state index contributed by atoms with van der Waals surface area (Å²) in [6, 6.07) is 10.6. The van der Waals surface area contributed by atoms with Crippen LogP contribution in [0.25, 0.3) is 0 Å². The molecule has 0 amide bonds. The molecule has 0 spiro atoms. The Morgan fingerprint density at radius 2 is 1.65 bits per heavy atom. The van der Waals surface area contributed by atoms with Crippen LogP contribution in [0.15, 0.2) is 54.6 Å². The molecule has 0 heterocycles. The second-order valence-corrected chi connectivity index (χ2v) is 5.20. The minimum Gasteiger partial charge on any atom is -0.0999 e. The SMILES string of the molecule is C=C(C)C(C)CC(=C)C(C)Cc1ccccc1. The molecule has 2 unspecified atom stereocenters. The van der Waals surface area contributed by atoms with Crippen LogP contribution < -0.4 is 0 Å². The lowest BCUT2D eigenvalue weighted by atomic mass is 9.87. The molecule has 1 aromatic carbocycles. The van der Waals surface area contributed by atoms with E-state index in [2.05, 4.69) is 64.3 Å². The van der Waals surface area contributed by atoms with Crippen molar-refractivity contribution in [2.75, 3.05) is 0 Å². The fourth-order valence-electron chi connectivity index (χ4n) is 1.88. The van der Waals surface area contributed by atoms with E-state index in [0.717, 1.165) is 12.8 Å². The highest BCUT2D eigenvalue weighted by atomic mass is 14.2. The smallest absolute Gasteiger partial charge is 0.0194 e. The molecule has 0 saturated carbocycles. The third-order valence-corrected chi connectivity index (χ3v) is 3.49. The summed E-state index contributed by atoms with van der Waals surface area (Å²) in [4.78, 5) is 0. The van der Waals surface area contributed by atoms with Gasteiger partial charge in [0.05, 0.1) is 0 Å². The summed E-state index contributed by atoms with van der Waals surface area (Å²) in [5.41, 5.74) is 3.98. The predicted molar refractivity (Wildman–Crippen MR) is 77.0 cm³/mol. The van der Waals surface area contributed by atoms with Gasteiger partial charge in [-0.2, -0.15) is 0 Å². The predicted octanol–water partition coefficient (Wildman–Crippen LogP) is 5.02. The maximum Gasteiger partial charge on any atom is -0.0194 e. The van der Waals surface area contributed by atoms with Gasteiger partial charge in [-0.1, -0.05) is 68.5 Å². The van der Waals surface area contributed by atoms with Crippen LogP contribution in [0.2, 0.25) is 0 Å². The molecule has 0 bridgehead atoms. The Balaban J connectivity index is 2.50. The Morgan fingerprint density at radius 3 is 2.18 bits per heavy atom. The van der Waals surface area contributed by atoms with Crippen LogP contribution in [0.3, 0.4) is 0 Å². The van der Waals surface area contributed by atoms with E-state index in [0.29, 0.717) is 11.8 Å². The number of benzene rings is 1. The summed E-state index contributed by atoms with van der Waals surface area (Å²) in [6.07, 6.45) is 2.14. The first-order valence-corrected chi connectivity index (χ1v) is 6.37. The molecule has 0 aromatic heterocycles. The lowest BCUT2D eigenvalue weighted by Gasteiger charge is -2.19. The molecule has 0 saturated heterocycles. The Bertz CT molecular complexity index is 372. The lowest BCUT2D eigenvalue weighted by molar-refractivity contribution is 0.581. The molecule has 0 aliphatic rings. The molecule has 0 radical (unpaired) electrons. The number of rotatable bonds is 6. The monoisotopic (exact) mass is 228 g/mol. The standard InChI is InChI=1S/C17H24/c1-13(2)14(3)11-15(4)16(5)12-17-9-7-6-8-10-17/h6-10,14,16H,1,4,11-12H2,2-3,5H3. The van der Waals surface area contributed by atoms with E-state index in [9.17, 15) is 0 Å². The van der Waals surface area contributed by atoms with Crippen LogP contribution >= 0.6 is 0 Å². The fourth-order valence-corrected chi connectivity index (χ4v) is 1.88. The topological polar surface area (TPSA) is 0 Å². The Morgan fingerprint density at radius 1 is 1.06 bits per heavy atom. The molecule has 1 rings (SSSR count). The molecular formula is C17H24. The van der Waals surface area contributed by atoms with Gasteiger partial charge in [0.2, 0.25) is 0 Å². The van der Waals surface area contributed by atoms with Gasteiger partial charge in [-0.05, 0) is 37.2 Å². The zero-order chi connectivity index (χ0) is 12.8. The molecule has 1 aromatic rings. The maximum atomic E-state index is 4.23. The van der Waals surface area contributed by atoms with E-state index in [4.69, 9.17) is 0 Å². The summed E-state index contributed by atoms with van der Waals surface area (Å²) in [7, 11) is 0. The first kappa shape index (κ1) is 13.8. The summed E-state index contributed by atoms with van der Waals surface area (Å²) < 4.78 is 0. The van der Waals surface area contributed by atoms with E-state index in [-0.39, 0.29) is 0 Å². The van der Waals surface area contributed by atoms with Crippen LogP contribution in [-0.2, 0) is 6.42 Å². The molecule has 2 atom stereocenters. The van der Waals surface area contributed by atoms with Crippen molar-refractivity contribution in [3.05, 3.63) is 60.2 Å². The van der Waals surface area contributed by atoms with Crippen molar-refractivity contribution in [1.82, 2.24) is 0 Å². The largest absolute Gasteiger partial charge is 0.0999 e. The quantitative estimate of drug-likeness (QED) is 0.599. The molecule has 0 nitrogen and oxygen atoms in total. The van der Waals surface area contributed by atoms with E-state index in [1.165, 1.54) is 16.7 Å². The molecule has 17 heavy (non-hydrogen) atoms. The van der Waals surface area contributed by atoms with Crippen molar-refractivity contribution >= 4 is 0 Å². The van der Waals surface area contributed by atoms with Gasteiger partial charge >= 0.3 is 0 Å². The summed E-state index contributed by atoms with van der Waals surface area (Å²) >= 11 is 0. The van der Waals surface area contributed by atoms with Crippen molar-refractivity contribution in [2.24, 2.45) is 11.8 Å².